The topological polar surface area (TPSA) is 55.5 Å². The number of hydrogen-bond acceptors (Lipinski definition) is 3. The van der Waals surface area contributed by atoms with Crippen molar-refractivity contribution < 1.29 is 9.84 Å². The second-order valence-corrected chi connectivity index (χ2v) is 4.22. The minimum absolute atomic E-state index is 0.103. The Morgan fingerprint density at radius 3 is 2.80 bits per heavy atom. The van der Waals surface area contributed by atoms with E-state index < -0.39 is 0 Å². The van der Waals surface area contributed by atoms with Crippen LogP contribution in [0.25, 0.3) is 0 Å². The molecule has 1 aliphatic rings. The molecule has 2 rings (SSSR count). The van der Waals surface area contributed by atoms with Gasteiger partial charge in [0.2, 0.25) is 0 Å². The molecule has 2 atom stereocenters. The van der Waals surface area contributed by atoms with Gasteiger partial charge in [0.1, 0.15) is 5.75 Å². The molecule has 0 amide bonds. The standard InChI is InChI=1S/C12H17NO2/c1-15-11-5-3-2-4-9(11)10-6-12(10,7-13)8-14/h2-5,10,14H,6-8,13H2,1H3/t10-,12+/m1/s1. The summed E-state index contributed by atoms with van der Waals surface area (Å²) in [7, 11) is 1.67. The summed E-state index contributed by atoms with van der Waals surface area (Å²) in [5.74, 6) is 1.25. The molecule has 0 saturated heterocycles. The number of nitrogens with two attached hydrogens (primary N) is 1. The smallest absolute Gasteiger partial charge is 0.122 e. The zero-order valence-corrected chi connectivity index (χ0v) is 8.94. The van der Waals surface area contributed by atoms with Gasteiger partial charge in [0, 0.05) is 12.0 Å². The molecule has 3 heteroatoms. The maximum Gasteiger partial charge on any atom is 0.122 e. The molecule has 0 bridgehead atoms. The quantitative estimate of drug-likeness (QED) is 0.778. The number of ether oxygens (including phenoxy) is 1. The van der Waals surface area contributed by atoms with Crippen LogP contribution < -0.4 is 10.5 Å². The van der Waals surface area contributed by atoms with Gasteiger partial charge in [0.25, 0.3) is 0 Å². The van der Waals surface area contributed by atoms with Gasteiger partial charge >= 0.3 is 0 Å². The second-order valence-electron chi connectivity index (χ2n) is 4.22. The molecule has 15 heavy (non-hydrogen) atoms. The lowest BCUT2D eigenvalue weighted by atomic mass is 9.99. The molecule has 0 heterocycles. The molecule has 1 aliphatic carbocycles. The molecule has 1 fully saturated rings. The first-order valence-electron chi connectivity index (χ1n) is 5.21. The third-order valence-electron chi connectivity index (χ3n) is 3.43. The van der Waals surface area contributed by atoms with Gasteiger partial charge in [-0.1, -0.05) is 18.2 Å². The monoisotopic (exact) mass is 207 g/mol. The van der Waals surface area contributed by atoms with Crippen molar-refractivity contribution >= 4 is 0 Å². The maximum absolute atomic E-state index is 9.33. The lowest BCUT2D eigenvalue weighted by Crippen LogP contribution is -2.21. The van der Waals surface area contributed by atoms with Crippen LogP contribution in [0.5, 0.6) is 5.75 Å². The van der Waals surface area contributed by atoms with Crippen molar-refractivity contribution in [3.05, 3.63) is 29.8 Å². The van der Waals surface area contributed by atoms with E-state index in [4.69, 9.17) is 10.5 Å². The zero-order chi connectivity index (χ0) is 10.9. The van der Waals surface area contributed by atoms with Crippen molar-refractivity contribution in [3.8, 4) is 5.75 Å². The lowest BCUT2D eigenvalue weighted by molar-refractivity contribution is 0.211. The summed E-state index contributed by atoms with van der Waals surface area (Å²) < 4.78 is 5.31. The van der Waals surface area contributed by atoms with Crippen LogP contribution in [0.4, 0.5) is 0 Å². The number of para-hydroxylation sites is 1. The van der Waals surface area contributed by atoms with E-state index in [1.807, 2.05) is 18.2 Å². The summed E-state index contributed by atoms with van der Waals surface area (Å²) >= 11 is 0. The van der Waals surface area contributed by atoms with Gasteiger partial charge in [0.05, 0.1) is 13.7 Å². The van der Waals surface area contributed by atoms with E-state index >= 15 is 0 Å². The number of hydrogen-bond donors (Lipinski definition) is 2. The van der Waals surface area contributed by atoms with E-state index in [0.29, 0.717) is 12.5 Å². The van der Waals surface area contributed by atoms with Crippen LogP contribution in [-0.4, -0.2) is 25.4 Å². The summed E-state index contributed by atoms with van der Waals surface area (Å²) in [6.07, 6.45) is 0.959. The first-order valence-corrected chi connectivity index (χ1v) is 5.21. The van der Waals surface area contributed by atoms with Gasteiger partial charge in [-0.15, -0.1) is 0 Å². The highest BCUT2D eigenvalue weighted by Crippen LogP contribution is 2.59. The van der Waals surface area contributed by atoms with Gasteiger partial charge in [-0.05, 0) is 24.0 Å². The Labute approximate surface area is 89.9 Å². The first-order chi connectivity index (χ1) is 7.27. The van der Waals surface area contributed by atoms with Crippen LogP contribution in [-0.2, 0) is 0 Å². The molecule has 1 saturated carbocycles. The normalized spacial score (nSPS) is 28.9. The lowest BCUT2D eigenvalue weighted by Gasteiger charge is -2.13. The average molecular weight is 207 g/mol. The molecule has 0 aromatic heterocycles. The van der Waals surface area contributed by atoms with Crippen molar-refractivity contribution in [2.45, 2.75) is 12.3 Å². The van der Waals surface area contributed by atoms with Crippen LogP contribution >= 0.6 is 0 Å². The molecule has 1 aromatic carbocycles. The fraction of sp³-hybridized carbons (Fsp3) is 0.500. The van der Waals surface area contributed by atoms with E-state index in [1.165, 1.54) is 5.56 Å². The third kappa shape index (κ3) is 1.62. The van der Waals surface area contributed by atoms with Crippen molar-refractivity contribution in [2.75, 3.05) is 20.3 Å². The Kier molecular flexibility index (Phi) is 2.67. The Balaban J connectivity index is 2.25. The first kappa shape index (κ1) is 10.5. The third-order valence-corrected chi connectivity index (χ3v) is 3.43. The van der Waals surface area contributed by atoms with Crippen LogP contribution in [0.2, 0.25) is 0 Å². The zero-order valence-electron chi connectivity index (χ0n) is 8.94. The fourth-order valence-electron chi connectivity index (χ4n) is 2.21. The van der Waals surface area contributed by atoms with Gasteiger partial charge in [-0.2, -0.15) is 0 Å². The number of rotatable bonds is 4. The van der Waals surface area contributed by atoms with Crippen molar-refractivity contribution in [2.24, 2.45) is 11.1 Å². The van der Waals surface area contributed by atoms with Crippen LogP contribution in [0, 0.1) is 5.41 Å². The summed E-state index contributed by atoms with van der Waals surface area (Å²) in [6.45, 7) is 0.693. The Morgan fingerprint density at radius 1 is 1.53 bits per heavy atom. The molecule has 0 unspecified atom stereocenters. The molecule has 1 aromatic rings. The van der Waals surface area contributed by atoms with Crippen LogP contribution in [0.1, 0.15) is 17.9 Å². The van der Waals surface area contributed by atoms with E-state index in [9.17, 15) is 5.11 Å². The minimum atomic E-state index is -0.103. The Bertz CT molecular complexity index is 347. The predicted molar refractivity (Wildman–Crippen MR) is 58.9 cm³/mol. The highest BCUT2D eigenvalue weighted by Gasteiger charge is 2.54. The Hall–Kier alpha value is -1.06. The van der Waals surface area contributed by atoms with E-state index in [1.54, 1.807) is 7.11 Å². The SMILES string of the molecule is COc1ccccc1[C@H]1C[C@]1(CN)CO. The molecule has 0 aliphatic heterocycles. The van der Waals surface area contributed by atoms with Crippen molar-refractivity contribution in [1.82, 2.24) is 0 Å². The maximum atomic E-state index is 9.33. The van der Waals surface area contributed by atoms with E-state index in [2.05, 4.69) is 6.07 Å². The predicted octanol–water partition coefficient (Wildman–Crippen LogP) is 1.12. The largest absolute Gasteiger partial charge is 0.496 e. The number of benzene rings is 1. The summed E-state index contributed by atoms with van der Waals surface area (Å²) in [5.41, 5.74) is 6.76. The van der Waals surface area contributed by atoms with Crippen LogP contribution in [0.3, 0.4) is 0 Å². The minimum Gasteiger partial charge on any atom is -0.496 e. The fourth-order valence-corrected chi connectivity index (χ4v) is 2.21. The molecule has 3 nitrogen and oxygen atoms in total. The summed E-state index contributed by atoms with van der Waals surface area (Å²) in [4.78, 5) is 0. The highest BCUT2D eigenvalue weighted by molar-refractivity contribution is 5.41. The van der Waals surface area contributed by atoms with E-state index in [0.717, 1.165) is 12.2 Å². The summed E-state index contributed by atoms with van der Waals surface area (Å²) in [5, 5.41) is 9.33. The second kappa shape index (κ2) is 3.83. The molecule has 82 valence electrons. The van der Waals surface area contributed by atoms with Crippen molar-refractivity contribution in [1.29, 1.82) is 0 Å². The number of aliphatic hydroxyl groups excluding tert-OH is 1. The van der Waals surface area contributed by atoms with Gasteiger partial charge in [-0.3, -0.25) is 0 Å². The molecular formula is C12H17NO2. The molecular weight excluding hydrogens is 190 g/mol. The molecule has 3 N–H and O–H groups in total. The Morgan fingerprint density at radius 2 is 2.27 bits per heavy atom. The molecule has 0 radical (unpaired) electrons. The number of methoxy groups -OCH3 is 1. The average Bonchev–Trinajstić information content (AvgIpc) is 3.04. The van der Waals surface area contributed by atoms with Crippen LogP contribution in [0.15, 0.2) is 24.3 Å². The van der Waals surface area contributed by atoms with E-state index in [-0.39, 0.29) is 12.0 Å². The molecule has 0 spiro atoms. The van der Waals surface area contributed by atoms with Gasteiger partial charge in [-0.25, -0.2) is 0 Å². The van der Waals surface area contributed by atoms with Gasteiger partial charge in [0.15, 0.2) is 0 Å². The van der Waals surface area contributed by atoms with Gasteiger partial charge < -0.3 is 15.6 Å². The highest BCUT2D eigenvalue weighted by atomic mass is 16.5. The summed E-state index contributed by atoms with van der Waals surface area (Å²) in [6, 6.07) is 7.95. The van der Waals surface area contributed by atoms with Crippen molar-refractivity contribution in [3.63, 3.8) is 0 Å². The number of aliphatic hydroxyl groups is 1.